The van der Waals surface area contributed by atoms with E-state index in [4.69, 9.17) is 5.14 Å². The van der Waals surface area contributed by atoms with Crippen molar-refractivity contribution in [2.75, 3.05) is 13.1 Å². The Morgan fingerprint density at radius 2 is 1.93 bits per heavy atom. The summed E-state index contributed by atoms with van der Waals surface area (Å²) in [5, 5.41) is 16.6. The maximum absolute atomic E-state index is 11.6. The van der Waals surface area contributed by atoms with Gasteiger partial charge in [-0.2, -0.15) is 12.7 Å². The van der Waals surface area contributed by atoms with Crippen LogP contribution in [0.5, 0.6) is 0 Å². The van der Waals surface area contributed by atoms with Crippen LogP contribution < -0.4 is 5.14 Å². The van der Waals surface area contributed by atoms with Crippen molar-refractivity contribution in [1.82, 2.24) is 13.9 Å². The lowest BCUT2D eigenvalue weighted by molar-refractivity contribution is -0.0146. The van der Waals surface area contributed by atoms with Gasteiger partial charge in [0.15, 0.2) is 0 Å². The molecule has 2 aromatic rings. The monoisotopic (exact) mass is 388 g/mol. The van der Waals surface area contributed by atoms with E-state index in [1.54, 1.807) is 0 Å². The summed E-state index contributed by atoms with van der Waals surface area (Å²) < 4.78 is 26.8. The second-order valence-corrected chi connectivity index (χ2v) is 9.72. The first kappa shape index (κ1) is 17.4. The van der Waals surface area contributed by atoms with E-state index < -0.39 is 16.3 Å². The number of aromatic nitrogens is 2. The van der Waals surface area contributed by atoms with Gasteiger partial charge in [-0.05, 0) is 36.7 Å². The number of fused-ring (bicyclic) bond motifs is 3. The SMILES string of the molecule is NS(=O)(=O)N1CCC2(CC[C@@H]([C@@H]3c4ccccc4-c4cncn43)[C@@H]2O)CC1. The normalized spacial score (nSPS) is 29.8. The number of aliphatic hydroxyl groups is 1. The van der Waals surface area contributed by atoms with E-state index in [9.17, 15) is 13.5 Å². The van der Waals surface area contributed by atoms with Crippen molar-refractivity contribution in [3.63, 3.8) is 0 Å². The number of nitrogens with zero attached hydrogens (tertiary/aromatic N) is 3. The number of imidazole rings is 1. The highest BCUT2D eigenvalue weighted by molar-refractivity contribution is 7.86. The molecule has 7 nitrogen and oxygen atoms in total. The van der Waals surface area contributed by atoms with Crippen molar-refractivity contribution >= 4 is 10.2 Å². The quantitative estimate of drug-likeness (QED) is 0.814. The molecule has 1 saturated heterocycles. The summed E-state index contributed by atoms with van der Waals surface area (Å²) in [7, 11) is -3.65. The van der Waals surface area contributed by atoms with Gasteiger partial charge >= 0.3 is 0 Å². The highest BCUT2D eigenvalue weighted by Crippen LogP contribution is 2.55. The Labute approximate surface area is 159 Å². The number of hydrogen-bond donors (Lipinski definition) is 2. The molecule has 2 aliphatic heterocycles. The predicted molar refractivity (Wildman–Crippen MR) is 101 cm³/mol. The molecule has 0 radical (unpaired) electrons. The van der Waals surface area contributed by atoms with Gasteiger partial charge in [-0.25, -0.2) is 10.1 Å². The molecule has 27 heavy (non-hydrogen) atoms. The molecule has 2 fully saturated rings. The van der Waals surface area contributed by atoms with Crippen molar-refractivity contribution in [3.8, 4) is 11.3 Å². The molecular formula is C19H24N4O3S. The van der Waals surface area contributed by atoms with Gasteiger partial charge in [0.25, 0.3) is 10.2 Å². The summed E-state index contributed by atoms with van der Waals surface area (Å²) in [4.78, 5) is 4.32. The molecule has 5 rings (SSSR count). The summed E-state index contributed by atoms with van der Waals surface area (Å²) in [6.07, 6.45) is 6.44. The third-order valence-electron chi connectivity index (χ3n) is 7.01. The molecule has 3 aliphatic rings. The predicted octanol–water partition coefficient (Wildman–Crippen LogP) is 1.51. The third-order valence-corrected chi connectivity index (χ3v) is 8.10. The fraction of sp³-hybridized carbons (Fsp3) is 0.526. The first-order valence-electron chi connectivity index (χ1n) is 9.48. The Morgan fingerprint density at radius 3 is 2.67 bits per heavy atom. The molecule has 0 amide bonds. The topological polar surface area (TPSA) is 101 Å². The number of nitrogens with two attached hydrogens (primary N) is 1. The average molecular weight is 388 g/mol. The number of benzene rings is 1. The summed E-state index contributed by atoms with van der Waals surface area (Å²) >= 11 is 0. The molecule has 1 aromatic heterocycles. The van der Waals surface area contributed by atoms with Crippen LogP contribution in [0.15, 0.2) is 36.8 Å². The molecule has 0 bridgehead atoms. The molecule has 8 heteroatoms. The third kappa shape index (κ3) is 2.51. The molecule has 1 aliphatic carbocycles. The maximum atomic E-state index is 11.6. The van der Waals surface area contributed by atoms with Crippen LogP contribution in [0.3, 0.4) is 0 Å². The molecule has 3 atom stereocenters. The lowest BCUT2D eigenvalue weighted by Gasteiger charge is -2.41. The van der Waals surface area contributed by atoms with Crippen LogP contribution in [0.1, 0.15) is 37.3 Å². The fourth-order valence-electron chi connectivity index (χ4n) is 5.59. The van der Waals surface area contributed by atoms with Gasteiger partial charge in [0.1, 0.15) is 0 Å². The van der Waals surface area contributed by atoms with Gasteiger partial charge in [-0.3, -0.25) is 0 Å². The van der Waals surface area contributed by atoms with Gasteiger partial charge < -0.3 is 9.67 Å². The molecule has 3 heterocycles. The van der Waals surface area contributed by atoms with Crippen LogP contribution in [0, 0.1) is 11.3 Å². The van der Waals surface area contributed by atoms with Gasteiger partial charge in [0.2, 0.25) is 0 Å². The number of piperidine rings is 1. The average Bonchev–Trinajstić information content (AvgIpc) is 3.30. The van der Waals surface area contributed by atoms with Gasteiger partial charge in [0.05, 0.1) is 30.4 Å². The number of rotatable bonds is 2. The van der Waals surface area contributed by atoms with Crippen LogP contribution in [-0.4, -0.2) is 46.6 Å². The summed E-state index contributed by atoms with van der Waals surface area (Å²) in [5.41, 5.74) is 3.33. The summed E-state index contributed by atoms with van der Waals surface area (Å²) in [6, 6.07) is 8.43. The molecule has 1 saturated carbocycles. The first-order chi connectivity index (χ1) is 12.9. The number of hydrogen-bond acceptors (Lipinski definition) is 4. The minimum absolute atomic E-state index is 0.0874. The van der Waals surface area contributed by atoms with Crippen LogP contribution in [-0.2, 0) is 10.2 Å². The summed E-state index contributed by atoms with van der Waals surface area (Å²) in [5.74, 6) is 0.0997. The van der Waals surface area contributed by atoms with Crippen LogP contribution in [0.2, 0.25) is 0 Å². The zero-order chi connectivity index (χ0) is 18.8. The molecule has 1 aromatic carbocycles. The molecule has 1 spiro atoms. The van der Waals surface area contributed by atoms with Gasteiger partial charge in [0, 0.05) is 24.6 Å². The van der Waals surface area contributed by atoms with E-state index >= 15 is 0 Å². The molecule has 0 unspecified atom stereocenters. The molecule has 144 valence electrons. The van der Waals surface area contributed by atoms with E-state index in [-0.39, 0.29) is 17.4 Å². The van der Waals surface area contributed by atoms with Crippen LogP contribution in [0.25, 0.3) is 11.3 Å². The summed E-state index contributed by atoms with van der Waals surface area (Å²) in [6.45, 7) is 0.778. The smallest absolute Gasteiger partial charge is 0.276 e. The van der Waals surface area contributed by atoms with E-state index in [1.807, 2.05) is 24.7 Å². The van der Waals surface area contributed by atoms with E-state index in [0.717, 1.165) is 18.5 Å². The second kappa shape index (κ2) is 5.88. The lowest BCUT2D eigenvalue weighted by atomic mass is 9.73. The Bertz CT molecular complexity index is 978. The van der Waals surface area contributed by atoms with E-state index in [1.165, 1.54) is 15.4 Å². The zero-order valence-electron chi connectivity index (χ0n) is 15.0. The van der Waals surface area contributed by atoms with Crippen molar-refractivity contribution in [2.24, 2.45) is 16.5 Å². The minimum Gasteiger partial charge on any atom is -0.392 e. The first-order valence-corrected chi connectivity index (χ1v) is 11.0. The Morgan fingerprint density at radius 1 is 1.19 bits per heavy atom. The van der Waals surface area contributed by atoms with Crippen molar-refractivity contribution < 1.29 is 13.5 Å². The van der Waals surface area contributed by atoms with Crippen LogP contribution >= 0.6 is 0 Å². The van der Waals surface area contributed by atoms with Crippen molar-refractivity contribution in [2.45, 2.75) is 37.8 Å². The highest BCUT2D eigenvalue weighted by atomic mass is 32.2. The van der Waals surface area contributed by atoms with Gasteiger partial charge in [-0.15, -0.1) is 0 Å². The highest BCUT2D eigenvalue weighted by Gasteiger charge is 2.53. The van der Waals surface area contributed by atoms with Crippen molar-refractivity contribution in [1.29, 1.82) is 0 Å². The van der Waals surface area contributed by atoms with Crippen molar-refractivity contribution in [3.05, 3.63) is 42.4 Å². The fourth-order valence-corrected chi connectivity index (χ4v) is 6.28. The van der Waals surface area contributed by atoms with E-state index in [0.29, 0.717) is 25.9 Å². The minimum atomic E-state index is -3.65. The Hall–Kier alpha value is -1.74. The van der Waals surface area contributed by atoms with Gasteiger partial charge in [-0.1, -0.05) is 24.3 Å². The number of aliphatic hydroxyl groups excluding tert-OH is 1. The molecule has 3 N–H and O–H groups in total. The largest absolute Gasteiger partial charge is 0.392 e. The zero-order valence-corrected chi connectivity index (χ0v) is 15.8. The second-order valence-electron chi connectivity index (χ2n) is 8.17. The maximum Gasteiger partial charge on any atom is 0.276 e. The molecular weight excluding hydrogens is 364 g/mol. The van der Waals surface area contributed by atoms with Crippen LogP contribution in [0.4, 0.5) is 0 Å². The Balaban J connectivity index is 1.44. The lowest BCUT2D eigenvalue weighted by Crippen LogP contribution is -2.49. The van der Waals surface area contributed by atoms with E-state index in [2.05, 4.69) is 21.7 Å². The standard InChI is InChI=1S/C19H24N4O3S/c20-27(25,26)22-9-7-19(8-10-22)6-5-15(18(19)24)17-14-4-2-1-3-13(14)16-11-21-12-23(16)17/h1-4,11-12,15,17-18,24H,5-10H2,(H2,20,25,26)/t15-,17-,18-/m0/s1. The Kier molecular flexibility index (Phi) is 3.78.